The van der Waals surface area contributed by atoms with Crippen LogP contribution in [0.4, 0.5) is 5.69 Å². The Morgan fingerprint density at radius 2 is 1.67 bits per heavy atom. The number of benzene rings is 3. The smallest absolute Gasteiger partial charge is 0.262 e. The largest absolute Gasteiger partial charge is 0.484 e. The second-order valence-corrected chi connectivity index (χ2v) is 5.76. The molecule has 1 aliphatic rings. The van der Waals surface area contributed by atoms with E-state index in [2.05, 4.69) is 5.32 Å². The van der Waals surface area contributed by atoms with Crippen molar-refractivity contribution in [2.24, 2.45) is 0 Å². The fourth-order valence-corrected chi connectivity index (χ4v) is 2.58. The number of anilines is 1. The van der Waals surface area contributed by atoms with Crippen molar-refractivity contribution in [3.63, 3.8) is 0 Å². The van der Waals surface area contributed by atoms with Gasteiger partial charge in [0.25, 0.3) is 5.91 Å². The van der Waals surface area contributed by atoms with Crippen LogP contribution in [0.5, 0.6) is 28.7 Å². The Bertz CT molecular complexity index is 942. The maximum absolute atomic E-state index is 12.3. The van der Waals surface area contributed by atoms with Crippen molar-refractivity contribution in [1.29, 1.82) is 0 Å². The minimum Gasteiger partial charge on any atom is -0.484 e. The van der Waals surface area contributed by atoms with Gasteiger partial charge < -0.3 is 24.3 Å². The van der Waals surface area contributed by atoms with Crippen LogP contribution >= 0.6 is 0 Å². The maximum atomic E-state index is 12.3. The molecule has 0 spiro atoms. The summed E-state index contributed by atoms with van der Waals surface area (Å²) in [5.41, 5.74) is 0.570. The molecule has 1 heterocycles. The summed E-state index contributed by atoms with van der Waals surface area (Å²) in [6, 6.07) is 21.8. The third kappa shape index (κ3) is 4.12. The summed E-state index contributed by atoms with van der Waals surface area (Å²) in [6.07, 6.45) is 0. The molecule has 0 radical (unpaired) electrons. The lowest BCUT2D eigenvalue weighted by Crippen LogP contribution is -2.20. The summed E-state index contributed by atoms with van der Waals surface area (Å²) in [4.78, 5) is 12.3. The third-order valence-corrected chi connectivity index (χ3v) is 3.85. The molecule has 6 heteroatoms. The van der Waals surface area contributed by atoms with Crippen molar-refractivity contribution in [3.8, 4) is 28.7 Å². The molecule has 6 nitrogen and oxygen atoms in total. The van der Waals surface area contributed by atoms with Gasteiger partial charge in [-0.25, -0.2) is 0 Å². The lowest BCUT2D eigenvalue weighted by atomic mass is 10.3. The van der Waals surface area contributed by atoms with Crippen LogP contribution in [-0.4, -0.2) is 19.3 Å². The van der Waals surface area contributed by atoms with Gasteiger partial charge in [-0.3, -0.25) is 4.79 Å². The molecule has 0 saturated heterocycles. The van der Waals surface area contributed by atoms with Gasteiger partial charge in [-0.05, 0) is 36.4 Å². The van der Waals surface area contributed by atoms with Crippen molar-refractivity contribution in [3.05, 3.63) is 72.8 Å². The molecule has 0 aromatic heterocycles. The molecule has 0 unspecified atom stereocenters. The van der Waals surface area contributed by atoms with Crippen LogP contribution in [0.25, 0.3) is 0 Å². The van der Waals surface area contributed by atoms with E-state index in [1.54, 1.807) is 30.3 Å². The fourth-order valence-electron chi connectivity index (χ4n) is 2.58. The van der Waals surface area contributed by atoms with Crippen LogP contribution in [0.1, 0.15) is 0 Å². The quantitative estimate of drug-likeness (QED) is 0.710. The Balaban J connectivity index is 1.38. The van der Waals surface area contributed by atoms with E-state index in [0.717, 1.165) is 0 Å². The highest BCUT2D eigenvalue weighted by molar-refractivity contribution is 5.93. The highest BCUT2D eigenvalue weighted by atomic mass is 16.7. The van der Waals surface area contributed by atoms with Gasteiger partial charge in [0.2, 0.25) is 6.79 Å². The topological polar surface area (TPSA) is 66.0 Å². The Morgan fingerprint density at radius 1 is 0.889 bits per heavy atom. The lowest BCUT2D eigenvalue weighted by Gasteiger charge is -2.12. The number of para-hydroxylation sites is 3. The Hall–Kier alpha value is -3.67. The van der Waals surface area contributed by atoms with Crippen LogP contribution in [0, 0.1) is 0 Å². The normalized spacial score (nSPS) is 11.7. The van der Waals surface area contributed by atoms with Crippen molar-refractivity contribution < 1.29 is 23.7 Å². The standard InChI is InChI=1S/C21H17NO5/c23-21(13-24-16-10-11-19-20(12-16)26-14-25-19)22-17-8-4-5-9-18(17)27-15-6-2-1-3-7-15/h1-12H,13-14H2,(H,22,23). The summed E-state index contributed by atoms with van der Waals surface area (Å²) in [6.45, 7) is 0.0524. The summed E-state index contributed by atoms with van der Waals surface area (Å²) in [5, 5.41) is 2.81. The number of amides is 1. The number of nitrogens with one attached hydrogen (secondary N) is 1. The summed E-state index contributed by atoms with van der Waals surface area (Å²) in [7, 11) is 0. The zero-order valence-electron chi connectivity index (χ0n) is 14.4. The van der Waals surface area contributed by atoms with Crippen LogP contribution in [0.3, 0.4) is 0 Å². The van der Waals surface area contributed by atoms with Gasteiger partial charge in [0.05, 0.1) is 5.69 Å². The van der Waals surface area contributed by atoms with Gasteiger partial charge in [0.1, 0.15) is 11.5 Å². The first kappa shape index (κ1) is 16.8. The van der Waals surface area contributed by atoms with Crippen molar-refractivity contribution in [2.45, 2.75) is 0 Å². The molecular formula is C21H17NO5. The second kappa shape index (κ2) is 7.70. The monoisotopic (exact) mass is 363 g/mol. The number of hydrogen-bond donors (Lipinski definition) is 1. The number of rotatable bonds is 6. The van der Waals surface area contributed by atoms with Gasteiger partial charge >= 0.3 is 0 Å². The van der Waals surface area contributed by atoms with Gasteiger partial charge in [0.15, 0.2) is 23.9 Å². The average molecular weight is 363 g/mol. The molecule has 1 aliphatic heterocycles. The second-order valence-electron chi connectivity index (χ2n) is 5.76. The number of ether oxygens (including phenoxy) is 4. The Labute approximate surface area is 156 Å². The van der Waals surface area contributed by atoms with Crippen LogP contribution in [0.2, 0.25) is 0 Å². The zero-order valence-corrected chi connectivity index (χ0v) is 14.4. The molecule has 1 amide bonds. The number of fused-ring (bicyclic) bond motifs is 1. The van der Waals surface area contributed by atoms with E-state index >= 15 is 0 Å². The van der Waals surface area contributed by atoms with Gasteiger partial charge in [-0.1, -0.05) is 30.3 Å². The van der Waals surface area contributed by atoms with Crippen LogP contribution in [-0.2, 0) is 4.79 Å². The van der Waals surface area contributed by atoms with Crippen LogP contribution < -0.4 is 24.3 Å². The summed E-state index contributed by atoms with van der Waals surface area (Å²) in [5.74, 6) is 2.75. The molecule has 0 atom stereocenters. The van der Waals surface area contributed by atoms with Crippen molar-refractivity contribution in [1.82, 2.24) is 0 Å². The molecule has 3 aromatic carbocycles. The highest BCUT2D eigenvalue weighted by Crippen LogP contribution is 2.35. The molecule has 3 aromatic rings. The van der Waals surface area contributed by atoms with Gasteiger partial charge in [-0.2, -0.15) is 0 Å². The van der Waals surface area contributed by atoms with Crippen molar-refractivity contribution in [2.75, 3.05) is 18.7 Å². The molecule has 0 aliphatic carbocycles. The minimum absolute atomic E-state index is 0.140. The van der Waals surface area contributed by atoms with E-state index in [0.29, 0.717) is 34.4 Å². The van der Waals surface area contributed by atoms with E-state index in [9.17, 15) is 4.79 Å². The summed E-state index contributed by atoms with van der Waals surface area (Å²) >= 11 is 0. The fraction of sp³-hybridized carbons (Fsp3) is 0.0952. The molecule has 0 saturated carbocycles. The molecule has 1 N–H and O–H groups in total. The van der Waals surface area contributed by atoms with E-state index in [4.69, 9.17) is 18.9 Å². The van der Waals surface area contributed by atoms with Crippen LogP contribution in [0.15, 0.2) is 72.8 Å². The van der Waals surface area contributed by atoms with Crippen molar-refractivity contribution >= 4 is 11.6 Å². The number of carbonyl (C=O) groups is 1. The highest BCUT2D eigenvalue weighted by Gasteiger charge is 2.14. The first-order chi connectivity index (χ1) is 13.3. The average Bonchev–Trinajstić information content (AvgIpc) is 3.17. The number of hydrogen-bond acceptors (Lipinski definition) is 5. The predicted molar refractivity (Wildman–Crippen MR) is 99.6 cm³/mol. The lowest BCUT2D eigenvalue weighted by molar-refractivity contribution is -0.118. The van der Waals surface area contributed by atoms with E-state index in [-0.39, 0.29) is 19.3 Å². The molecule has 136 valence electrons. The van der Waals surface area contributed by atoms with Gasteiger partial charge in [-0.15, -0.1) is 0 Å². The van der Waals surface area contributed by atoms with E-state index in [1.165, 1.54) is 0 Å². The summed E-state index contributed by atoms with van der Waals surface area (Å²) < 4.78 is 21.9. The van der Waals surface area contributed by atoms with E-state index in [1.807, 2.05) is 42.5 Å². The predicted octanol–water partition coefficient (Wildman–Crippen LogP) is 4.23. The SMILES string of the molecule is O=C(COc1ccc2c(c1)OCO2)Nc1ccccc1Oc1ccccc1. The Kier molecular flexibility index (Phi) is 4.78. The molecule has 4 rings (SSSR count). The Morgan fingerprint density at radius 3 is 2.56 bits per heavy atom. The van der Waals surface area contributed by atoms with Gasteiger partial charge in [0, 0.05) is 6.07 Å². The third-order valence-electron chi connectivity index (χ3n) is 3.85. The minimum atomic E-state index is -0.295. The molecule has 0 bridgehead atoms. The molecule has 0 fully saturated rings. The first-order valence-corrected chi connectivity index (χ1v) is 8.42. The van der Waals surface area contributed by atoms with E-state index < -0.39 is 0 Å². The number of carbonyl (C=O) groups excluding carboxylic acids is 1. The molecule has 27 heavy (non-hydrogen) atoms. The maximum Gasteiger partial charge on any atom is 0.262 e. The molecular weight excluding hydrogens is 346 g/mol. The first-order valence-electron chi connectivity index (χ1n) is 8.42. The zero-order chi connectivity index (χ0) is 18.5.